The van der Waals surface area contributed by atoms with Crippen molar-refractivity contribution in [3.8, 4) is 0 Å². The van der Waals surface area contributed by atoms with E-state index in [9.17, 15) is 0 Å². The summed E-state index contributed by atoms with van der Waals surface area (Å²) in [4.78, 5) is 7.26. The number of ether oxygens (including phenoxy) is 1. The Kier molecular flexibility index (Phi) is 29.5. The molecule has 66 heavy (non-hydrogen) atoms. The molecule has 1 aromatic carbocycles. The molecule has 2 saturated heterocycles. The summed E-state index contributed by atoms with van der Waals surface area (Å²) in [7, 11) is 4.17. The average Bonchev–Trinajstić information content (AvgIpc) is 3.17. The van der Waals surface area contributed by atoms with E-state index in [0.717, 1.165) is 62.2 Å². The second-order valence-corrected chi connectivity index (χ2v) is 27.7. The van der Waals surface area contributed by atoms with Crippen LogP contribution in [0.3, 0.4) is 0 Å². The zero-order chi connectivity index (χ0) is 51.3. The van der Waals surface area contributed by atoms with Gasteiger partial charge in [0.05, 0.1) is 13.2 Å². The van der Waals surface area contributed by atoms with Crippen molar-refractivity contribution in [2.24, 2.45) is 23.2 Å². The molecule has 0 bridgehead atoms. The molecule has 2 heterocycles. The minimum atomic E-state index is 0.274. The molecule has 1 aromatic rings. The van der Waals surface area contributed by atoms with Gasteiger partial charge in [-0.2, -0.15) is 0 Å². The standard InChI is InChI=1S/C13H20.C12H25N.C11H23N.C10H21N.C8H17NO.C6H15N/c1-11(10-13(2,3)4)12-8-6-5-7-9-12;1-9-7-6-8-11(10(9)2)13-12(3,4)5;1-9-5-7-10(8-6-9)12-11(2,3)4;1-9-7-5-6-8-11(9)10(2,3)4;1-8(2,3)9-4-6-10-7-5-9;1-6(2,3)7(4)5/h5-9,11H,10H2,1-4H3;9-11,13H,6-8H2,1-5H3;9-10,12H,5-8H2,1-4H3;9H,5-8H2,1-4H3;4-7H2,1-3H3;1-5H3. The SMILES string of the molecule is CC(C)(C)N1CCOCC1.CC(CC(C)(C)C)c1ccccc1.CC1CCC(NC(C)(C)C)CC1.CC1CCCC(NC(C)(C)C)C1C.CC1CCCCN1C(C)(C)C.CN(C)C(C)(C)C. The summed E-state index contributed by atoms with van der Waals surface area (Å²) in [5.41, 5.74) is 3.48. The Labute approximate surface area is 416 Å². The highest BCUT2D eigenvalue weighted by Crippen LogP contribution is 2.32. The lowest BCUT2D eigenvalue weighted by molar-refractivity contribution is -0.00389. The van der Waals surface area contributed by atoms with Crippen LogP contribution >= 0.6 is 0 Å². The number of nitrogens with zero attached hydrogens (tertiary/aromatic N) is 3. The van der Waals surface area contributed by atoms with E-state index < -0.39 is 0 Å². The van der Waals surface area contributed by atoms with Crippen molar-refractivity contribution < 1.29 is 4.74 Å². The summed E-state index contributed by atoms with van der Waals surface area (Å²) in [5, 5.41) is 7.42. The summed E-state index contributed by atoms with van der Waals surface area (Å²) >= 11 is 0. The van der Waals surface area contributed by atoms with Crippen LogP contribution in [0.4, 0.5) is 0 Å². The molecule has 2 N–H and O–H groups in total. The zero-order valence-corrected chi connectivity index (χ0v) is 49.5. The Morgan fingerprint density at radius 1 is 0.606 bits per heavy atom. The van der Waals surface area contributed by atoms with Gasteiger partial charge in [-0.1, -0.05) is 98.1 Å². The first-order chi connectivity index (χ1) is 29.9. The van der Waals surface area contributed by atoms with Gasteiger partial charge in [0.1, 0.15) is 0 Å². The fourth-order valence-electron chi connectivity index (χ4n) is 9.51. The third-order valence-electron chi connectivity index (χ3n) is 14.2. The molecule has 2 aliphatic heterocycles. The molecule has 392 valence electrons. The van der Waals surface area contributed by atoms with Crippen molar-refractivity contribution in [2.45, 2.75) is 282 Å². The second-order valence-electron chi connectivity index (χ2n) is 27.7. The smallest absolute Gasteiger partial charge is 0.0594 e. The van der Waals surface area contributed by atoms with Gasteiger partial charge in [0.15, 0.2) is 0 Å². The van der Waals surface area contributed by atoms with Crippen LogP contribution in [-0.2, 0) is 4.74 Å². The Bertz CT molecular complexity index is 1320. The number of morpholine rings is 1. The number of nitrogens with one attached hydrogen (secondary N) is 2. The average molecular weight is 929 g/mol. The minimum absolute atomic E-state index is 0.274. The molecule has 2 aliphatic carbocycles. The molecule has 5 unspecified atom stereocenters. The lowest BCUT2D eigenvalue weighted by Gasteiger charge is -2.43. The van der Waals surface area contributed by atoms with Crippen molar-refractivity contribution in [3.63, 3.8) is 0 Å². The molecule has 0 aromatic heterocycles. The number of rotatable bonds is 4. The maximum atomic E-state index is 5.25. The maximum absolute atomic E-state index is 5.25. The van der Waals surface area contributed by atoms with Gasteiger partial charge in [-0.05, 0) is 217 Å². The number of hydrogen-bond acceptors (Lipinski definition) is 6. The quantitative estimate of drug-likeness (QED) is 0.314. The van der Waals surface area contributed by atoms with Crippen LogP contribution in [0.5, 0.6) is 0 Å². The highest BCUT2D eigenvalue weighted by molar-refractivity contribution is 5.18. The topological polar surface area (TPSA) is 43.0 Å². The molecule has 0 radical (unpaired) electrons. The lowest BCUT2D eigenvalue weighted by atomic mass is 9.77. The zero-order valence-electron chi connectivity index (χ0n) is 49.5. The molecule has 0 spiro atoms. The molecular weight excluding hydrogens is 807 g/mol. The van der Waals surface area contributed by atoms with Crippen molar-refractivity contribution >= 4 is 0 Å². The van der Waals surface area contributed by atoms with Crippen LogP contribution in [0.2, 0.25) is 0 Å². The third-order valence-corrected chi connectivity index (χ3v) is 14.2. The lowest BCUT2D eigenvalue weighted by Crippen LogP contribution is -2.49. The molecule has 6 heteroatoms. The molecule has 4 fully saturated rings. The van der Waals surface area contributed by atoms with Crippen LogP contribution in [0, 0.1) is 23.2 Å². The highest BCUT2D eigenvalue weighted by atomic mass is 16.5. The van der Waals surface area contributed by atoms with Crippen molar-refractivity contribution in [3.05, 3.63) is 35.9 Å². The molecular formula is C60H121N5O. The van der Waals surface area contributed by atoms with Crippen molar-refractivity contribution in [1.29, 1.82) is 0 Å². The molecule has 5 atom stereocenters. The Balaban J connectivity index is 0.000000775. The highest BCUT2D eigenvalue weighted by Gasteiger charge is 2.30. The van der Waals surface area contributed by atoms with Gasteiger partial charge < -0.3 is 20.3 Å². The van der Waals surface area contributed by atoms with E-state index in [1.807, 2.05) is 0 Å². The Hall–Kier alpha value is -1.02. The predicted octanol–water partition coefficient (Wildman–Crippen LogP) is 15.5. The minimum Gasteiger partial charge on any atom is -0.379 e. The Morgan fingerprint density at radius 2 is 1.11 bits per heavy atom. The molecule has 4 aliphatic rings. The van der Waals surface area contributed by atoms with E-state index >= 15 is 0 Å². The molecule has 2 saturated carbocycles. The van der Waals surface area contributed by atoms with Crippen LogP contribution in [0.15, 0.2) is 30.3 Å². The number of piperidine rings is 1. The van der Waals surface area contributed by atoms with E-state index in [2.05, 4.69) is 229 Å². The predicted molar refractivity (Wildman–Crippen MR) is 297 cm³/mol. The van der Waals surface area contributed by atoms with E-state index in [1.165, 1.54) is 82.7 Å². The van der Waals surface area contributed by atoms with E-state index in [0.29, 0.717) is 33.5 Å². The van der Waals surface area contributed by atoms with Gasteiger partial charge in [-0.15, -0.1) is 0 Å². The second kappa shape index (κ2) is 30.0. The summed E-state index contributed by atoms with van der Waals surface area (Å²) in [6.07, 6.45) is 15.2. The summed E-state index contributed by atoms with van der Waals surface area (Å²) in [5.74, 6) is 3.37. The van der Waals surface area contributed by atoms with E-state index in [-0.39, 0.29) is 5.54 Å². The molecule has 0 amide bonds. The fourth-order valence-corrected chi connectivity index (χ4v) is 9.51. The van der Waals surface area contributed by atoms with Crippen LogP contribution in [0.25, 0.3) is 0 Å². The van der Waals surface area contributed by atoms with Gasteiger partial charge in [-0.25, -0.2) is 0 Å². The maximum Gasteiger partial charge on any atom is 0.0594 e. The Morgan fingerprint density at radius 3 is 1.48 bits per heavy atom. The van der Waals surface area contributed by atoms with Crippen LogP contribution < -0.4 is 10.6 Å². The number of likely N-dealkylation sites (tertiary alicyclic amines) is 1. The summed E-state index contributed by atoms with van der Waals surface area (Å²) < 4.78 is 5.25. The third kappa shape index (κ3) is 32.0. The molecule has 5 rings (SSSR count). The van der Waals surface area contributed by atoms with Crippen LogP contribution in [-0.4, -0.2) is 107 Å². The van der Waals surface area contributed by atoms with Gasteiger partial charge >= 0.3 is 0 Å². The van der Waals surface area contributed by atoms with Gasteiger partial charge in [0, 0.05) is 58.9 Å². The first-order valence-corrected chi connectivity index (χ1v) is 27.3. The fraction of sp³-hybridized carbons (Fsp3) is 0.900. The summed E-state index contributed by atoms with van der Waals surface area (Å²) in [6, 6.07) is 13.1. The first kappa shape index (κ1) is 65.0. The van der Waals surface area contributed by atoms with E-state index in [4.69, 9.17) is 4.74 Å². The van der Waals surface area contributed by atoms with Crippen LogP contribution in [0.1, 0.15) is 241 Å². The monoisotopic (exact) mass is 928 g/mol. The van der Waals surface area contributed by atoms with Crippen molar-refractivity contribution in [2.75, 3.05) is 46.9 Å². The van der Waals surface area contributed by atoms with E-state index in [1.54, 1.807) is 0 Å². The van der Waals surface area contributed by atoms with Gasteiger partial charge in [0.2, 0.25) is 0 Å². The number of benzene rings is 1. The largest absolute Gasteiger partial charge is 0.379 e. The molecule has 6 nitrogen and oxygen atoms in total. The first-order valence-electron chi connectivity index (χ1n) is 27.3. The van der Waals surface area contributed by atoms with Gasteiger partial charge in [-0.3, -0.25) is 9.80 Å². The van der Waals surface area contributed by atoms with Crippen molar-refractivity contribution in [1.82, 2.24) is 25.3 Å². The number of hydrogen-bond donors (Lipinski definition) is 2. The van der Waals surface area contributed by atoms with Gasteiger partial charge in [0.25, 0.3) is 0 Å². The summed E-state index contributed by atoms with van der Waals surface area (Å²) in [6.45, 7) is 57.8. The normalized spacial score (nSPS) is 25.4.